The van der Waals surface area contributed by atoms with E-state index in [-0.39, 0.29) is 40.5 Å². The van der Waals surface area contributed by atoms with E-state index in [4.69, 9.17) is 26.8 Å². The highest BCUT2D eigenvalue weighted by molar-refractivity contribution is 9.10. The average molecular weight is 700 g/mol. The number of primary amides is 1. The third-order valence-electron chi connectivity index (χ3n) is 7.31. The summed E-state index contributed by atoms with van der Waals surface area (Å²) in [6, 6.07) is 7.14. The van der Waals surface area contributed by atoms with Gasteiger partial charge in [0.25, 0.3) is 5.91 Å². The summed E-state index contributed by atoms with van der Waals surface area (Å²) < 4.78 is 83.5. The summed E-state index contributed by atoms with van der Waals surface area (Å²) >= 11 is 9.10. The van der Waals surface area contributed by atoms with Crippen LogP contribution in [-0.2, 0) is 10.2 Å². The Morgan fingerprint density at radius 3 is 2.57 bits per heavy atom. The molecule has 3 heterocycles. The number of pyridine rings is 2. The lowest BCUT2D eigenvalue weighted by Gasteiger charge is -2.24. The van der Waals surface area contributed by atoms with E-state index in [0.29, 0.717) is 21.4 Å². The number of nitrogens with zero attached hydrogens (tertiary/aromatic N) is 2. The number of nitrogens with two attached hydrogens (primary N) is 1. The van der Waals surface area contributed by atoms with E-state index in [2.05, 4.69) is 31.2 Å². The molecular formula is C29H21BrClF5N4O4. The molecule has 0 spiro atoms. The minimum absolute atomic E-state index is 0.00362. The summed E-state index contributed by atoms with van der Waals surface area (Å²) in [6.45, 7) is 0.0599. The Labute approximate surface area is 259 Å². The summed E-state index contributed by atoms with van der Waals surface area (Å²) in [5.41, 5.74) is 3.26. The van der Waals surface area contributed by atoms with Crippen LogP contribution in [0, 0.1) is 11.6 Å². The zero-order chi connectivity index (χ0) is 32.1. The largest absolute Gasteiger partial charge is 0.494 e. The van der Waals surface area contributed by atoms with Gasteiger partial charge >= 0.3 is 6.18 Å². The number of rotatable bonds is 7. The first-order valence-corrected chi connectivity index (χ1v) is 13.9. The number of alkyl halides is 3. The van der Waals surface area contributed by atoms with Crippen LogP contribution in [0.4, 0.5) is 22.0 Å². The zero-order valence-corrected chi connectivity index (χ0v) is 25.1. The second kappa shape index (κ2) is 11.5. The van der Waals surface area contributed by atoms with Gasteiger partial charge in [0.05, 0.1) is 17.8 Å². The standard InChI is InChI=1S/C29H21BrClF5N4O4/c1-28(27(37)42)11-44-25-16(28)8-20(40-24(25)13-5-18(31)22(33)19(32)6-13)17(29(34,35)36)10-39-26(41)14-3-12-4-15(30)9-38-23(12)21(7-14)43-2/h3-9,17H,10-11H2,1-2H3,(H2,37,42)(H,39,41)/t17?,28-/m0/s1. The maximum atomic E-state index is 14.6. The Morgan fingerprint density at radius 1 is 1.20 bits per heavy atom. The van der Waals surface area contributed by atoms with Crippen molar-refractivity contribution in [3.8, 4) is 22.8 Å². The van der Waals surface area contributed by atoms with Gasteiger partial charge in [-0.15, -0.1) is 0 Å². The van der Waals surface area contributed by atoms with E-state index in [1.54, 1.807) is 6.07 Å². The minimum Gasteiger partial charge on any atom is -0.494 e. The Morgan fingerprint density at radius 2 is 1.93 bits per heavy atom. The van der Waals surface area contributed by atoms with E-state index in [0.717, 1.165) is 12.1 Å². The maximum Gasteiger partial charge on any atom is 0.398 e. The molecule has 0 saturated heterocycles. The van der Waals surface area contributed by atoms with Gasteiger partial charge in [0.15, 0.2) is 11.6 Å². The van der Waals surface area contributed by atoms with Crippen LogP contribution in [0.1, 0.15) is 34.5 Å². The molecule has 2 amide bonds. The van der Waals surface area contributed by atoms with E-state index in [1.165, 1.54) is 32.4 Å². The van der Waals surface area contributed by atoms with E-state index in [9.17, 15) is 31.5 Å². The number of aromatic nitrogens is 2. The molecule has 0 aliphatic carbocycles. The fourth-order valence-corrected chi connectivity index (χ4v) is 5.39. The second-order valence-corrected chi connectivity index (χ2v) is 11.5. The Balaban J connectivity index is 1.58. The maximum absolute atomic E-state index is 14.6. The Hall–Kier alpha value is -4.04. The van der Waals surface area contributed by atoms with Gasteiger partial charge in [-0.1, -0.05) is 11.6 Å². The van der Waals surface area contributed by atoms with Crippen LogP contribution in [-0.4, -0.2) is 48.2 Å². The molecule has 8 nitrogen and oxygen atoms in total. The Kier molecular flexibility index (Phi) is 8.18. The molecule has 1 aliphatic heterocycles. The number of carbonyl (C=O) groups excluding carboxylic acids is 2. The fraction of sp³-hybridized carbons (Fsp3) is 0.241. The number of halogens is 7. The molecule has 3 N–H and O–H groups in total. The molecule has 0 saturated carbocycles. The van der Waals surface area contributed by atoms with Crippen LogP contribution in [0.25, 0.3) is 22.2 Å². The fourth-order valence-electron chi connectivity index (χ4n) is 4.83. The van der Waals surface area contributed by atoms with Crippen molar-refractivity contribution in [3.63, 3.8) is 0 Å². The minimum atomic E-state index is -4.96. The highest BCUT2D eigenvalue weighted by Gasteiger charge is 2.47. The van der Waals surface area contributed by atoms with Crippen molar-refractivity contribution in [1.29, 1.82) is 0 Å². The smallest absolute Gasteiger partial charge is 0.398 e. The lowest BCUT2D eigenvalue weighted by molar-refractivity contribution is -0.149. The summed E-state index contributed by atoms with van der Waals surface area (Å²) in [5, 5.41) is 2.14. The highest BCUT2D eigenvalue weighted by Crippen LogP contribution is 2.47. The molecule has 0 bridgehead atoms. The molecule has 15 heteroatoms. The van der Waals surface area contributed by atoms with Crippen LogP contribution in [0.2, 0.25) is 5.02 Å². The van der Waals surface area contributed by atoms with Crippen LogP contribution in [0.5, 0.6) is 11.5 Å². The number of amides is 2. The molecule has 0 radical (unpaired) electrons. The van der Waals surface area contributed by atoms with Gasteiger partial charge in [-0.05, 0) is 59.3 Å². The van der Waals surface area contributed by atoms with Crippen molar-refractivity contribution in [1.82, 2.24) is 15.3 Å². The number of ether oxygens (including phenoxy) is 2. The topological polar surface area (TPSA) is 116 Å². The average Bonchev–Trinajstić information content (AvgIpc) is 3.31. The van der Waals surface area contributed by atoms with Gasteiger partial charge in [0.2, 0.25) is 5.91 Å². The van der Waals surface area contributed by atoms with Crippen molar-refractivity contribution in [3.05, 3.63) is 80.5 Å². The molecule has 1 aliphatic rings. The number of methoxy groups -OCH3 is 1. The number of benzene rings is 2. The third kappa shape index (κ3) is 5.63. The van der Waals surface area contributed by atoms with Gasteiger partial charge < -0.3 is 20.5 Å². The van der Waals surface area contributed by atoms with E-state index >= 15 is 0 Å². The predicted molar refractivity (Wildman–Crippen MR) is 154 cm³/mol. The van der Waals surface area contributed by atoms with Crippen molar-refractivity contribution in [2.75, 3.05) is 20.3 Å². The zero-order valence-electron chi connectivity index (χ0n) is 22.8. The molecule has 44 heavy (non-hydrogen) atoms. The molecule has 2 aromatic carbocycles. The Bertz CT molecular complexity index is 1820. The van der Waals surface area contributed by atoms with Gasteiger partial charge in [-0.25, -0.2) is 13.8 Å². The third-order valence-corrected chi connectivity index (χ3v) is 8.02. The molecule has 1 unspecified atom stereocenters. The van der Waals surface area contributed by atoms with Crippen LogP contribution in [0.15, 0.2) is 47.1 Å². The van der Waals surface area contributed by atoms with Crippen molar-refractivity contribution in [2.45, 2.75) is 24.4 Å². The monoisotopic (exact) mass is 698 g/mol. The SMILES string of the molecule is COc1cc(C(=O)NCC(c2cc3c(c(-c4cc(F)c(F)c(Cl)c4)n2)OC[C@]3(C)C(N)=O)C(F)(F)F)cc2cc(Br)cnc12. The van der Waals surface area contributed by atoms with Gasteiger partial charge in [-0.3, -0.25) is 14.6 Å². The van der Waals surface area contributed by atoms with E-state index in [1.807, 2.05) is 0 Å². The lowest BCUT2D eigenvalue weighted by atomic mass is 9.82. The van der Waals surface area contributed by atoms with Gasteiger partial charge in [0.1, 0.15) is 40.6 Å². The molecule has 2 atom stereocenters. The van der Waals surface area contributed by atoms with Crippen LogP contribution < -0.4 is 20.5 Å². The molecule has 230 valence electrons. The van der Waals surface area contributed by atoms with Crippen LogP contribution >= 0.6 is 27.5 Å². The summed E-state index contributed by atoms with van der Waals surface area (Å²) in [4.78, 5) is 33.9. The number of fused-ring (bicyclic) bond motifs is 2. The molecule has 5 rings (SSSR count). The van der Waals surface area contributed by atoms with Crippen molar-refractivity contribution < 1.29 is 41.0 Å². The summed E-state index contributed by atoms with van der Waals surface area (Å²) in [6.07, 6.45) is -3.44. The highest BCUT2D eigenvalue weighted by atomic mass is 79.9. The summed E-state index contributed by atoms with van der Waals surface area (Å²) in [5.74, 6) is -6.80. The molecular weight excluding hydrogens is 679 g/mol. The lowest BCUT2D eigenvalue weighted by Crippen LogP contribution is -2.40. The predicted octanol–water partition coefficient (Wildman–Crippen LogP) is 6.21. The van der Waals surface area contributed by atoms with Crippen molar-refractivity contribution >= 4 is 50.2 Å². The number of hydrogen-bond donors (Lipinski definition) is 2. The summed E-state index contributed by atoms with van der Waals surface area (Å²) in [7, 11) is 1.36. The quantitative estimate of drug-likeness (QED) is 0.175. The van der Waals surface area contributed by atoms with Crippen LogP contribution in [0.3, 0.4) is 0 Å². The molecule has 4 aromatic rings. The number of carbonyl (C=O) groups is 2. The van der Waals surface area contributed by atoms with Gasteiger partial charge in [0, 0.05) is 39.3 Å². The first-order valence-electron chi connectivity index (χ1n) is 12.7. The normalized spacial score (nSPS) is 16.8. The number of hydrogen-bond acceptors (Lipinski definition) is 6. The van der Waals surface area contributed by atoms with Crippen molar-refractivity contribution in [2.24, 2.45) is 5.73 Å². The first kappa shape index (κ1) is 31.4. The first-order chi connectivity index (χ1) is 20.6. The number of nitrogens with one attached hydrogen (secondary N) is 1. The van der Waals surface area contributed by atoms with E-state index < -0.39 is 58.2 Å². The molecule has 0 fully saturated rings. The van der Waals surface area contributed by atoms with Gasteiger partial charge in [-0.2, -0.15) is 13.2 Å². The second-order valence-electron chi connectivity index (χ2n) is 10.2. The molecule has 2 aromatic heterocycles.